The van der Waals surface area contributed by atoms with Crippen LogP contribution in [-0.4, -0.2) is 30.1 Å². The molecule has 14 heavy (non-hydrogen) atoms. The zero-order valence-electron chi connectivity index (χ0n) is 8.83. The lowest BCUT2D eigenvalue weighted by Crippen LogP contribution is -2.44. The Morgan fingerprint density at radius 1 is 1.36 bits per heavy atom. The molecule has 1 aromatic carbocycles. The lowest BCUT2D eigenvalue weighted by Gasteiger charge is -2.36. The molecular formula is C12H17NO. The number of nitrogens with zero attached hydrogens (tertiary/aromatic N) is 1. The summed E-state index contributed by atoms with van der Waals surface area (Å²) in [6.45, 7) is 4.40. The van der Waals surface area contributed by atoms with Crippen molar-refractivity contribution >= 4 is 0 Å². The van der Waals surface area contributed by atoms with Crippen LogP contribution in [0, 0.1) is 12.8 Å². The maximum Gasteiger partial charge on any atom is 0.116 e. The van der Waals surface area contributed by atoms with Gasteiger partial charge in [-0.05, 0) is 49.6 Å². The van der Waals surface area contributed by atoms with Gasteiger partial charge < -0.3 is 10.0 Å². The second kappa shape index (κ2) is 3.62. The summed E-state index contributed by atoms with van der Waals surface area (Å²) >= 11 is 0. The Labute approximate surface area is 85.2 Å². The van der Waals surface area contributed by atoms with E-state index in [4.69, 9.17) is 0 Å². The van der Waals surface area contributed by atoms with Gasteiger partial charge in [0, 0.05) is 13.1 Å². The number of phenolic OH excluding ortho intramolecular Hbond substituents is 1. The molecule has 1 N–H and O–H groups in total. The molecular weight excluding hydrogens is 174 g/mol. The van der Waals surface area contributed by atoms with Crippen LogP contribution >= 0.6 is 0 Å². The van der Waals surface area contributed by atoms with Crippen LogP contribution < -0.4 is 0 Å². The first-order chi connectivity index (χ1) is 6.63. The lowest BCUT2D eigenvalue weighted by molar-refractivity contribution is 0.134. The largest absolute Gasteiger partial charge is 0.508 e. The molecule has 0 aromatic heterocycles. The Bertz CT molecular complexity index is 309. The van der Waals surface area contributed by atoms with E-state index in [9.17, 15) is 5.11 Å². The normalized spacial score (nSPS) is 18.1. The number of hydrogen-bond donors (Lipinski definition) is 1. The standard InChI is InChI=1S/C12H17NO/c1-9-3-10(6-12(14)4-9)5-11-7-13(2)8-11/h3-4,6,11,14H,5,7-8H2,1-2H3. The van der Waals surface area contributed by atoms with Crippen LogP contribution in [0.5, 0.6) is 5.75 Å². The van der Waals surface area contributed by atoms with Crippen molar-refractivity contribution < 1.29 is 5.11 Å². The Balaban J connectivity index is 2.02. The maximum absolute atomic E-state index is 9.44. The average Bonchev–Trinajstić information content (AvgIpc) is 1.99. The molecule has 0 radical (unpaired) electrons. The number of aryl methyl sites for hydroxylation is 1. The van der Waals surface area contributed by atoms with Crippen molar-refractivity contribution in [2.75, 3.05) is 20.1 Å². The molecule has 1 saturated heterocycles. The molecule has 2 rings (SSSR count). The molecule has 2 nitrogen and oxygen atoms in total. The van der Waals surface area contributed by atoms with E-state index in [1.807, 2.05) is 13.0 Å². The van der Waals surface area contributed by atoms with Gasteiger partial charge in [0.2, 0.25) is 0 Å². The minimum Gasteiger partial charge on any atom is -0.508 e. The predicted octanol–water partition coefficient (Wildman–Crippen LogP) is 1.80. The monoisotopic (exact) mass is 191 g/mol. The zero-order valence-corrected chi connectivity index (χ0v) is 8.83. The summed E-state index contributed by atoms with van der Waals surface area (Å²) in [7, 11) is 2.14. The molecule has 2 heteroatoms. The second-order valence-corrected chi connectivity index (χ2v) is 4.47. The predicted molar refractivity (Wildman–Crippen MR) is 57.5 cm³/mol. The first kappa shape index (κ1) is 9.53. The van der Waals surface area contributed by atoms with Crippen molar-refractivity contribution in [2.24, 2.45) is 5.92 Å². The fraction of sp³-hybridized carbons (Fsp3) is 0.500. The van der Waals surface area contributed by atoms with Crippen molar-refractivity contribution in [3.8, 4) is 5.75 Å². The van der Waals surface area contributed by atoms with E-state index in [2.05, 4.69) is 18.0 Å². The van der Waals surface area contributed by atoms with Gasteiger partial charge in [0.1, 0.15) is 5.75 Å². The summed E-state index contributed by atoms with van der Waals surface area (Å²) < 4.78 is 0. The highest BCUT2D eigenvalue weighted by Crippen LogP contribution is 2.22. The second-order valence-electron chi connectivity index (χ2n) is 4.47. The zero-order chi connectivity index (χ0) is 10.1. The summed E-state index contributed by atoms with van der Waals surface area (Å²) in [5.41, 5.74) is 2.41. The van der Waals surface area contributed by atoms with E-state index in [1.165, 1.54) is 18.7 Å². The molecule has 1 fully saturated rings. The van der Waals surface area contributed by atoms with Crippen LogP contribution in [0.15, 0.2) is 18.2 Å². The fourth-order valence-electron chi connectivity index (χ4n) is 2.25. The highest BCUT2D eigenvalue weighted by molar-refractivity contribution is 5.33. The topological polar surface area (TPSA) is 23.5 Å². The van der Waals surface area contributed by atoms with Crippen LogP contribution in [0.1, 0.15) is 11.1 Å². The van der Waals surface area contributed by atoms with E-state index in [0.29, 0.717) is 5.75 Å². The Morgan fingerprint density at radius 2 is 2.07 bits per heavy atom. The van der Waals surface area contributed by atoms with Gasteiger partial charge in [-0.3, -0.25) is 0 Å². The van der Waals surface area contributed by atoms with Gasteiger partial charge in [-0.1, -0.05) is 6.07 Å². The van der Waals surface area contributed by atoms with Crippen LogP contribution in [-0.2, 0) is 6.42 Å². The number of phenols is 1. The van der Waals surface area contributed by atoms with Crippen LogP contribution in [0.25, 0.3) is 0 Å². The molecule has 0 amide bonds. The molecule has 1 aliphatic heterocycles. The molecule has 0 bridgehead atoms. The number of hydrogen-bond acceptors (Lipinski definition) is 2. The third-order valence-electron chi connectivity index (χ3n) is 2.79. The molecule has 0 saturated carbocycles. The molecule has 1 aliphatic rings. The van der Waals surface area contributed by atoms with Crippen molar-refractivity contribution in [3.05, 3.63) is 29.3 Å². The minimum atomic E-state index is 0.396. The van der Waals surface area contributed by atoms with E-state index in [0.717, 1.165) is 17.9 Å². The third-order valence-corrected chi connectivity index (χ3v) is 2.79. The average molecular weight is 191 g/mol. The highest BCUT2D eigenvalue weighted by atomic mass is 16.3. The van der Waals surface area contributed by atoms with Gasteiger partial charge in [-0.25, -0.2) is 0 Å². The molecule has 76 valence electrons. The lowest BCUT2D eigenvalue weighted by atomic mass is 9.92. The van der Waals surface area contributed by atoms with Gasteiger partial charge >= 0.3 is 0 Å². The van der Waals surface area contributed by atoms with Crippen molar-refractivity contribution in [1.29, 1.82) is 0 Å². The molecule has 1 aromatic rings. The number of aromatic hydroxyl groups is 1. The Hall–Kier alpha value is -1.02. The number of likely N-dealkylation sites (tertiary alicyclic amines) is 1. The Morgan fingerprint density at radius 3 is 2.64 bits per heavy atom. The summed E-state index contributed by atoms with van der Waals surface area (Å²) in [6.07, 6.45) is 1.10. The van der Waals surface area contributed by atoms with Crippen molar-refractivity contribution in [3.63, 3.8) is 0 Å². The van der Waals surface area contributed by atoms with Crippen molar-refractivity contribution in [2.45, 2.75) is 13.3 Å². The molecule has 0 unspecified atom stereocenters. The minimum absolute atomic E-state index is 0.396. The van der Waals surface area contributed by atoms with Crippen molar-refractivity contribution in [1.82, 2.24) is 4.90 Å². The van der Waals surface area contributed by atoms with E-state index < -0.39 is 0 Å². The molecule has 1 heterocycles. The van der Waals surface area contributed by atoms with Gasteiger partial charge in [0.15, 0.2) is 0 Å². The van der Waals surface area contributed by atoms with E-state index in [-0.39, 0.29) is 0 Å². The van der Waals surface area contributed by atoms with Crippen LogP contribution in [0.3, 0.4) is 0 Å². The van der Waals surface area contributed by atoms with Gasteiger partial charge in [0.25, 0.3) is 0 Å². The fourth-order valence-corrected chi connectivity index (χ4v) is 2.25. The number of rotatable bonds is 2. The number of benzene rings is 1. The van der Waals surface area contributed by atoms with Crippen LogP contribution in [0.4, 0.5) is 0 Å². The molecule has 0 atom stereocenters. The summed E-state index contributed by atoms with van der Waals surface area (Å²) in [4.78, 5) is 2.32. The van der Waals surface area contributed by atoms with E-state index in [1.54, 1.807) is 6.07 Å². The summed E-state index contributed by atoms with van der Waals surface area (Å²) in [6, 6.07) is 5.85. The van der Waals surface area contributed by atoms with Crippen LogP contribution in [0.2, 0.25) is 0 Å². The quantitative estimate of drug-likeness (QED) is 0.770. The summed E-state index contributed by atoms with van der Waals surface area (Å²) in [5, 5.41) is 9.44. The maximum atomic E-state index is 9.44. The molecule has 0 aliphatic carbocycles. The van der Waals surface area contributed by atoms with Gasteiger partial charge in [-0.15, -0.1) is 0 Å². The Kier molecular flexibility index (Phi) is 2.46. The third kappa shape index (κ3) is 2.07. The van der Waals surface area contributed by atoms with Gasteiger partial charge in [0.05, 0.1) is 0 Å². The molecule has 0 spiro atoms. The first-order valence-electron chi connectivity index (χ1n) is 5.11. The SMILES string of the molecule is Cc1cc(O)cc(CC2CN(C)C2)c1. The summed E-state index contributed by atoms with van der Waals surface area (Å²) in [5.74, 6) is 1.17. The first-order valence-corrected chi connectivity index (χ1v) is 5.11. The smallest absolute Gasteiger partial charge is 0.116 e. The highest BCUT2D eigenvalue weighted by Gasteiger charge is 2.23. The van der Waals surface area contributed by atoms with E-state index >= 15 is 0 Å². The van der Waals surface area contributed by atoms with Gasteiger partial charge in [-0.2, -0.15) is 0 Å².